The van der Waals surface area contributed by atoms with Crippen LogP contribution in [0.15, 0.2) is 35.3 Å². The number of halogens is 3. The number of hydroxylamine groups is 1. The molecule has 0 amide bonds. The molecule has 4 rings (SSSR count). The third-order valence-corrected chi connectivity index (χ3v) is 6.02. The van der Waals surface area contributed by atoms with Crippen LogP contribution in [0.1, 0.15) is 17.3 Å². The summed E-state index contributed by atoms with van der Waals surface area (Å²) in [7, 11) is 0. The number of aromatic nitrogens is 2. The molecule has 1 unspecified atom stereocenters. The molecule has 0 saturated carbocycles. The molecule has 1 N–H and O–H groups in total. The Morgan fingerprint density at radius 3 is 2.59 bits per heavy atom. The number of nitro benzene ring substituents is 1. The minimum Gasteiger partial charge on any atom is -0.329 e. The smallest absolute Gasteiger partial charge is 0.329 e. The molecule has 39 heavy (non-hydrogen) atoms. The van der Waals surface area contributed by atoms with E-state index in [1.165, 1.54) is 30.0 Å². The number of carbonyl (C=O) groups excluding carboxylic acids is 2. The van der Waals surface area contributed by atoms with Crippen LogP contribution in [0.2, 0.25) is 0 Å². The fourth-order valence-electron chi connectivity index (χ4n) is 4.29. The van der Waals surface area contributed by atoms with E-state index in [0.717, 1.165) is 16.9 Å². The quantitative estimate of drug-likeness (QED) is 0.228. The van der Waals surface area contributed by atoms with Crippen LogP contribution in [0.25, 0.3) is 0 Å². The van der Waals surface area contributed by atoms with Gasteiger partial charge in [-0.05, 0) is 13.0 Å². The van der Waals surface area contributed by atoms with Crippen molar-refractivity contribution in [3.05, 3.63) is 56.5 Å². The van der Waals surface area contributed by atoms with Gasteiger partial charge in [-0.15, -0.1) is 5.92 Å². The van der Waals surface area contributed by atoms with Crippen LogP contribution in [0, 0.1) is 22.0 Å². The molecule has 2 aromatic rings. The number of nitro groups is 1. The topological polar surface area (TPSA) is 143 Å². The molecule has 1 atom stereocenters. The van der Waals surface area contributed by atoms with Crippen molar-refractivity contribution in [2.24, 2.45) is 0 Å². The fourth-order valence-corrected chi connectivity index (χ4v) is 4.29. The molecule has 2 aliphatic heterocycles. The van der Waals surface area contributed by atoms with Crippen molar-refractivity contribution in [2.45, 2.75) is 25.9 Å². The SMILES string of the molecule is CC#CCN1c2c(cnn(CC(=O)c3ccccc3[N+](=O)[O-])c2=O)N(OC(=O)C(F)(F)F)C1N1CCNCC1. The summed E-state index contributed by atoms with van der Waals surface area (Å²) < 4.78 is 40.2. The van der Waals surface area contributed by atoms with Crippen LogP contribution >= 0.6 is 0 Å². The zero-order chi connectivity index (χ0) is 28.3. The minimum absolute atomic E-state index is 0.129. The monoisotopic (exact) mass is 549 g/mol. The Bertz CT molecular complexity index is 1410. The molecule has 0 bridgehead atoms. The number of anilines is 2. The Balaban J connectivity index is 1.78. The maximum atomic E-state index is 13.6. The van der Waals surface area contributed by atoms with Crippen molar-refractivity contribution < 1.29 is 32.5 Å². The van der Waals surface area contributed by atoms with E-state index >= 15 is 0 Å². The number of ketones is 1. The lowest BCUT2D eigenvalue weighted by Gasteiger charge is -2.40. The maximum absolute atomic E-state index is 13.6. The van der Waals surface area contributed by atoms with Gasteiger partial charge in [0.2, 0.25) is 0 Å². The average Bonchev–Trinajstić information content (AvgIpc) is 3.22. The lowest BCUT2D eigenvalue weighted by atomic mass is 10.1. The number of carbonyl (C=O) groups is 2. The van der Waals surface area contributed by atoms with Crippen molar-refractivity contribution in [1.29, 1.82) is 0 Å². The molecule has 206 valence electrons. The number of nitrogens with one attached hydrogen (secondary N) is 1. The van der Waals surface area contributed by atoms with Gasteiger partial charge in [0.25, 0.3) is 11.2 Å². The van der Waals surface area contributed by atoms with Gasteiger partial charge < -0.3 is 15.1 Å². The number of Topliss-reactive ketones (excluding diaryl/α,β-unsaturated/α-hetero) is 1. The molecule has 16 heteroatoms. The largest absolute Gasteiger partial charge is 0.493 e. The Kier molecular flexibility index (Phi) is 7.83. The first-order valence-corrected chi connectivity index (χ1v) is 11.6. The van der Waals surface area contributed by atoms with Crippen LogP contribution in [-0.4, -0.2) is 76.5 Å². The summed E-state index contributed by atoms with van der Waals surface area (Å²) in [6.07, 6.45) is -5.48. The Hall–Kier alpha value is -4.49. The highest BCUT2D eigenvalue weighted by molar-refractivity contribution is 5.99. The number of piperazine rings is 1. The van der Waals surface area contributed by atoms with E-state index in [4.69, 9.17) is 4.84 Å². The van der Waals surface area contributed by atoms with E-state index in [1.807, 2.05) is 0 Å². The zero-order valence-electron chi connectivity index (χ0n) is 20.5. The molecule has 1 aromatic heterocycles. The van der Waals surface area contributed by atoms with Gasteiger partial charge in [-0.3, -0.25) is 24.6 Å². The first-order chi connectivity index (χ1) is 18.5. The molecule has 0 spiro atoms. The number of nitrogens with zero attached hydrogens (tertiary/aromatic N) is 6. The third kappa shape index (κ3) is 5.54. The molecule has 13 nitrogen and oxygen atoms in total. The molecule has 1 aromatic carbocycles. The van der Waals surface area contributed by atoms with Crippen molar-refractivity contribution >= 4 is 28.8 Å². The van der Waals surface area contributed by atoms with Gasteiger partial charge in [-0.25, -0.2) is 9.48 Å². The van der Waals surface area contributed by atoms with Gasteiger partial charge in [0, 0.05) is 32.2 Å². The predicted octanol–water partition coefficient (Wildman–Crippen LogP) is 0.893. The average molecular weight is 549 g/mol. The highest BCUT2D eigenvalue weighted by Gasteiger charge is 2.49. The minimum atomic E-state index is -5.32. The molecular weight excluding hydrogens is 527 g/mol. The van der Waals surface area contributed by atoms with Crippen LogP contribution in [0.5, 0.6) is 0 Å². The molecule has 2 aliphatic rings. The second kappa shape index (κ2) is 11.1. The number of alkyl halides is 3. The highest BCUT2D eigenvalue weighted by Crippen LogP contribution is 2.38. The Morgan fingerprint density at radius 1 is 1.26 bits per heavy atom. The van der Waals surface area contributed by atoms with E-state index in [2.05, 4.69) is 22.3 Å². The highest BCUT2D eigenvalue weighted by atomic mass is 19.4. The second-order valence-electron chi connectivity index (χ2n) is 8.43. The number of hydrogen-bond acceptors (Lipinski definition) is 11. The standard InChI is InChI=1S/C23H22F3N7O6/c1-2-3-10-30-19-17(32(39-21(36)23(24,25)26)22(30)29-11-8-27-9-12-29)13-28-31(20(19)35)14-18(34)15-6-4-5-7-16(15)33(37)38/h4-7,13,22,27H,8-12,14H2,1H3. The van der Waals surface area contributed by atoms with Gasteiger partial charge in [-0.1, -0.05) is 18.1 Å². The summed E-state index contributed by atoms with van der Waals surface area (Å²) in [6, 6.07) is 5.19. The first-order valence-electron chi connectivity index (χ1n) is 11.6. The van der Waals surface area contributed by atoms with Gasteiger partial charge in [-0.2, -0.15) is 23.3 Å². The summed E-state index contributed by atoms with van der Waals surface area (Å²) in [4.78, 5) is 56.8. The number of benzene rings is 1. The van der Waals surface area contributed by atoms with E-state index in [9.17, 15) is 37.7 Å². The van der Waals surface area contributed by atoms with E-state index in [-0.39, 0.29) is 23.5 Å². The lowest BCUT2D eigenvalue weighted by Crippen LogP contribution is -2.61. The van der Waals surface area contributed by atoms with Crippen molar-refractivity contribution in [2.75, 3.05) is 42.7 Å². The van der Waals surface area contributed by atoms with Crippen molar-refractivity contribution in [1.82, 2.24) is 20.0 Å². The second-order valence-corrected chi connectivity index (χ2v) is 8.43. The molecule has 0 aliphatic carbocycles. The van der Waals surface area contributed by atoms with E-state index in [1.54, 1.807) is 4.90 Å². The van der Waals surface area contributed by atoms with Gasteiger partial charge in [0.15, 0.2) is 12.1 Å². The first kappa shape index (κ1) is 27.5. The molecule has 1 fully saturated rings. The number of rotatable bonds is 7. The summed E-state index contributed by atoms with van der Waals surface area (Å²) >= 11 is 0. The summed E-state index contributed by atoms with van der Waals surface area (Å²) in [5.41, 5.74) is -2.01. The summed E-state index contributed by atoms with van der Waals surface area (Å²) in [5, 5.41) is 19.0. The maximum Gasteiger partial charge on any atom is 0.493 e. The number of para-hydroxylation sites is 1. The van der Waals surface area contributed by atoms with Crippen LogP contribution in [0.3, 0.4) is 0 Å². The van der Waals surface area contributed by atoms with Gasteiger partial charge >= 0.3 is 12.1 Å². The zero-order valence-corrected chi connectivity index (χ0v) is 20.5. The van der Waals surface area contributed by atoms with Crippen molar-refractivity contribution in [3.63, 3.8) is 0 Å². The number of hydrogen-bond donors (Lipinski definition) is 1. The van der Waals surface area contributed by atoms with Crippen LogP contribution in [0.4, 0.5) is 30.2 Å². The van der Waals surface area contributed by atoms with Gasteiger partial charge in [0.05, 0.1) is 23.2 Å². The summed E-state index contributed by atoms with van der Waals surface area (Å²) in [6.45, 7) is 2.36. The fraction of sp³-hybridized carbons (Fsp3) is 0.391. The lowest BCUT2D eigenvalue weighted by molar-refractivity contribution is -0.385. The molecule has 1 saturated heterocycles. The van der Waals surface area contributed by atoms with Crippen LogP contribution < -0.4 is 20.8 Å². The van der Waals surface area contributed by atoms with Gasteiger partial charge in [0.1, 0.15) is 17.9 Å². The number of fused-ring (bicyclic) bond motifs is 1. The van der Waals surface area contributed by atoms with E-state index < -0.39 is 46.9 Å². The normalized spacial score (nSPS) is 17.3. The van der Waals surface area contributed by atoms with Crippen LogP contribution in [-0.2, 0) is 16.2 Å². The van der Waals surface area contributed by atoms with Crippen molar-refractivity contribution in [3.8, 4) is 11.8 Å². The Labute approximate surface area is 218 Å². The molecular formula is C23H22F3N7O6. The predicted molar refractivity (Wildman–Crippen MR) is 130 cm³/mol. The molecule has 3 heterocycles. The molecule has 0 radical (unpaired) electrons. The third-order valence-electron chi connectivity index (χ3n) is 6.02. The Morgan fingerprint density at radius 2 is 1.95 bits per heavy atom. The summed E-state index contributed by atoms with van der Waals surface area (Å²) in [5.74, 6) is 2.16. The van der Waals surface area contributed by atoms with E-state index in [0.29, 0.717) is 31.2 Å².